The maximum Gasteiger partial charge on any atom is 0.0883 e. The van der Waals surface area contributed by atoms with Crippen molar-refractivity contribution in [2.24, 2.45) is 0 Å². The molecule has 0 saturated carbocycles. The minimum Gasteiger partial charge on any atom is -0.316 e. The quantitative estimate of drug-likeness (QED) is 0.579. The average molecular weight is 138 g/mol. The number of nitrogens with one attached hydrogen (secondary N) is 1. The Morgan fingerprint density at radius 2 is 2.50 bits per heavy atom. The molecule has 0 rings (SSSR count). The topological polar surface area (TPSA) is 12.0 Å². The summed E-state index contributed by atoms with van der Waals surface area (Å²) in [5.74, 6) is 0.261. The standard InChI is InChI=1S/C5H9ClFN/c1-8-4-5(2-6)3-7/h3,8H,2,4H2,1H3/b5-3-. The van der Waals surface area contributed by atoms with Gasteiger partial charge in [-0.15, -0.1) is 11.6 Å². The first-order valence-corrected chi connectivity index (χ1v) is 2.87. The minimum atomic E-state index is 0.261. The van der Waals surface area contributed by atoms with Crippen molar-refractivity contribution in [3.63, 3.8) is 0 Å². The van der Waals surface area contributed by atoms with E-state index < -0.39 is 0 Å². The zero-order valence-corrected chi connectivity index (χ0v) is 5.50. The lowest BCUT2D eigenvalue weighted by molar-refractivity contribution is 0.698. The number of halogens is 2. The largest absolute Gasteiger partial charge is 0.316 e. The Bertz CT molecular complexity index is 82.5. The Morgan fingerprint density at radius 1 is 1.88 bits per heavy atom. The van der Waals surface area contributed by atoms with E-state index in [-0.39, 0.29) is 5.88 Å². The van der Waals surface area contributed by atoms with E-state index in [0.29, 0.717) is 18.4 Å². The van der Waals surface area contributed by atoms with E-state index in [2.05, 4.69) is 5.32 Å². The fourth-order valence-electron chi connectivity index (χ4n) is 0.342. The summed E-state index contributed by atoms with van der Waals surface area (Å²) in [6.45, 7) is 0.528. The normalized spacial score (nSPS) is 12.1. The summed E-state index contributed by atoms with van der Waals surface area (Å²) in [6.07, 6.45) is 0.531. The van der Waals surface area contributed by atoms with Crippen LogP contribution >= 0.6 is 11.6 Å². The molecule has 0 aliphatic heterocycles. The molecule has 1 N–H and O–H groups in total. The van der Waals surface area contributed by atoms with E-state index in [1.165, 1.54) is 0 Å². The Labute approximate surface area is 53.5 Å². The highest BCUT2D eigenvalue weighted by Gasteiger charge is 1.89. The minimum absolute atomic E-state index is 0.261. The molecular formula is C5H9ClFN. The molecule has 0 atom stereocenters. The van der Waals surface area contributed by atoms with Crippen LogP contribution in [0.25, 0.3) is 0 Å². The first kappa shape index (κ1) is 7.92. The fraction of sp³-hybridized carbons (Fsp3) is 0.600. The van der Waals surface area contributed by atoms with Gasteiger partial charge in [-0.25, -0.2) is 4.39 Å². The van der Waals surface area contributed by atoms with Crippen molar-refractivity contribution in [2.45, 2.75) is 0 Å². The van der Waals surface area contributed by atoms with Crippen LogP contribution in [0, 0.1) is 0 Å². The molecule has 0 heterocycles. The highest BCUT2D eigenvalue weighted by molar-refractivity contribution is 6.19. The molecule has 0 aliphatic rings. The van der Waals surface area contributed by atoms with Crippen molar-refractivity contribution >= 4 is 11.6 Å². The summed E-state index contributed by atoms with van der Waals surface area (Å²) < 4.78 is 11.6. The van der Waals surface area contributed by atoms with Crippen molar-refractivity contribution < 1.29 is 4.39 Å². The molecule has 0 unspecified atom stereocenters. The summed E-state index contributed by atoms with van der Waals surface area (Å²) in [6, 6.07) is 0. The summed E-state index contributed by atoms with van der Waals surface area (Å²) in [5, 5.41) is 2.78. The summed E-state index contributed by atoms with van der Waals surface area (Å²) >= 11 is 5.30. The molecule has 0 aliphatic carbocycles. The smallest absolute Gasteiger partial charge is 0.0883 e. The first-order chi connectivity index (χ1) is 3.85. The monoisotopic (exact) mass is 137 g/mol. The van der Waals surface area contributed by atoms with Crippen LogP contribution in [0.5, 0.6) is 0 Å². The van der Waals surface area contributed by atoms with E-state index in [1.54, 1.807) is 7.05 Å². The highest BCUT2D eigenvalue weighted by Crippen LogP contribution is 1.94. The second kappa shape index (κ2) is 5.06. The molecule has 0 aromatic heterocycles. The second-order valence-electron chi connectivity index (χ2n) is 1.43. The lowest BCUT2D eigenvalue weighted by atomic mass is 10.3. The predicted octanol–water partition coefficient (Wildman–Crippen LogP) is 1.30. The van der Waals surface area contributed by atoms with E-state index in [4.69, 9.17) is 11.6 Å². The van der Waals surface area contributed by atoms with E-state index in [9.17, 15) is 4.39 Å². The molecule has 0 aromatic rings. The number of alkyl halides is 1. The van der Waals surface area contributed by atoms with Gasteiger partial charge in [0.15, 0.2) is 0 Å². The fourth-order valence-corrected chi connectivity index (χ4v) is 0.495. The maximum absolute atomic E-state index is 11.6. The molecule has 3 heteroatoms. The molecule has 0 saturated heterocycles. The average Bonchev–Trinajstić information content (AvgIpc) is 1.83. The van der Waals surface area contributed by atoms with Gasteiger partial charge in [-0.05, 0) is 12.6 Å². The van der Waals surface area contributed by atoms with Crippen LogP contribution in [0.15, 0.2) is 11.9 Å². The second-order valence-corrected chi connectivity index (χ2v) is 1.70. The Hall–Kier alpha value is -0.0800. The molecule has 0 radical (unpaired) electrons. The summed E-state index contributed by atoms with van der Waals surface area (Å²) in [5.41, 5.74) is 0.578. The molecule has 8 heavy (non-hydrogen) atoms. The molecule has 48 valence electrons. The molecule has 0 amide bonds. The van der Waals surface area contributed by atoms with Crippen molar-refractivity contribution in [3.05, 3.63) is 11.9 Å². The van der Waals surface area contributed by atoms with Crippen molar-refractivity contribution in [1.82, 2.24) is 5.32 Å². The Kier molecular flexibility index (Phi) is 5.01. The zero-order chi connectivity index (χ0) is 6.41. The zero-order valence-electron chi connectivity index (χ0n) is 4.75. The van der Waals surface area contributed by atoms with Gasteiger partial charge in [0, 0.05) is 12.4 Å². The van der Waals surface area contributed by atoms with Crippen LogP contribution in [0.1, 0.15) is 0 Å². The predicted molar refractivity (Wildman–Crippen MR) is 33.8 cm³/mol. The van der Waals surface area contributed by atoms with E-state index in [0.717, 1.165) is 0 Å². The molecule has 0 bridgehead atoms. The Morgan fingerprint density at radius 3 is 2.62 bits per heavy atom. The summed E-state index contributed by atoms with van der Waals surface area (Å²) in [4.78, 5) is 0. The highest BCUT2D eigenvalue weighted by atomic mass is 35.5. The third-order valence-corrected chi connectivity index (χ3v) is 1.07. The van der Waals surface area contributed by atoms with Crippen LogP contribution in [-0.4, -0.2) is 19.5 Å². The third-order valence-electron chi connectivity index (χ3n) is 0.730. The van der Waals surface area contributed by atoms with Gasteiger partial charge < -0.3 is 5.32 Å². The van der Waals surface area contributed by atoms with Gasteiger partial charge >= 0.3 is 0 Å². The van der Waals surface area contributed by atoms with Crippen molar-refractivity contribution in [2.75, 3.05) is 19.5 Å². The van der Waals surface area contributed by atoms with Crippen molar-refractivity contribution in [1.29, 1.82) is 0 Å². The van der Waals surface area contributed by atoms with Crippen LogP contribution in [0.4, 0.5) is 4.39 Å². The van der Waals surface area contributed by atoms with E-state index in [1.807, 2.05) is 0 Å². The molecule has 0 fully saturated rings. The number of hydrogen-bond acceptors (Lipinski definition) is 1. The van der Waals surface area contributed by atoms with E-state index >= 15 is 0 Å². The van der Waals surface area contributed by atoms with Crippen LogP contribution < -0.4 is 5.32 Å². The maximum atomic E-state index is 11.6. The lowest BCUT2D eigenvalue weighted by Gasteiger charge is -1.96. The summed E-state index contributed by atoms with van der Waals surface area (Å²) in [7, 11) is 1.75. The number of hydrogen-bond donors (Lipinski definition) is 1. The van der Waals surface area contributed by atoms with Gasteiger partial charge in [0.1, 0.15) is 0 Å². The lowest BCUT2D eigenvalue weighted by Crippen LogP contribution is -2.10. The third kappa shape index (κ3) is 2.99. The Balaban J connectivity index is 3.38. The van der Waals surface area contributed by atoms with Crippen LogP contribution in [0.3, 0.4) is 0 Å². The molecular weight excluding hydrogens is 129 g/mol. The number of likely N-dealkylation sites (N-methyl/N-ethyl adjacent to an activating group) is 1. The van der Waals surface area contributed by atoms with Crippen LogP contribution in [0.2, 0.25) is 0 Å². The van der Waals surface area contributed by atoms with Gasteiger partial charge in [-0.3, -0.25) is 0 Å². The van der Waals surface area contributed by atoms with Gasteiger partial charge in [-0.2, -0.15) is 0 Å². The SMILES string of the molecule is CNC/C(=C\F)CCl. The van der Waals surface area contributed by atoms with Gasteiger partial charge in [-0.1, -0.05) is 0 Å². The van der Waals surface area contributed by atoms with Gasteiger partial charge in [0.2, 0.25) is 0 Å². The number of rotatable bonds is 3. The van der Waals surface area contributed by atoms with Crippen molar-refractivity contribution in [3.8, 4) is 0 Å². The van der Waals surface area contributed by atoms with Gasteiger partial charge in [0.05, 0.1) is 6.33 Å². The molecule has 0 spiro atoms. The first-order valence-electron chi connectivity index (χ1n) is 2.33. The molecule has 1 nitrogen and oxygen atoms in total. The van der Waals surface area contributed by atoms with Crippen LogP contribution in [-0.2, 0) is 0 Å². The molecule has 0 aromatic carbocycles. The van der Waals surface area contributed by atoms with Gasteiger partial charge in [0.25, 0.3) is 0 Å².